The predicted molar refractivity (Wildman–Crippen MR) is 141 cm³/mol. The number of amidine groups is 1. The molecular weight excluding hydrogens is 458 g/mol. The van der Waals surface area contributed by atoms with Crippen LogP contribution < -0.4 is 10.6 Å². The molecule has 5 rings (SSSR count). The second-order valence-electron chi connectivity index (χ2n) is 8.28. The van der Waals surface area contributed by atoms with Gasteiger partial charge in [0.15, 0.2) is 5.16 Å². The van der Waals surface area contributed by atoms with E-state index < -0.39 is 0 Å². The Morgan fingerprint density at radius 3 is 2.43 bits per heavy atom. The molecule has 0 spiro atoms. The summed E-state index contributed by atoms with van der Waals surface area (Å²) in [4.78, 5) is 22.1. The zero-order valence-electron chi connectivity index (χ0n) is 19.6. The fourth-order valence-electron chi connectivity index (χ4n) is 3.90. The van der Waals surface area contributed by atoms with Crippen LogP contribution in [0.15, 0.2) is 81.8 Å². The topological polar surface area (TPSA) is 87.6 Å². The molecule has 2 aromatic carbocycles. The summed E-state index contributed by atoms with van der Waals surface area (Å²) in [6.45, 7) is 6.09. The number of nitrogens with one attached hydrogen (secondary N) is 2. The predicted octanol–water partition coefficient (Wildman–Crippen LogP) is 4.06. The largest absolute Gasteiger partial charge is 0.379 e. The van der Waals surface area contributed by atoms with Gasteiger partial charge in [0.05, 0.1) is 19.8 Å². The number of nitrogens with zero attached hydrogens (tertiary/aromatic N) is 5. The van der Waals surface area contributed by atoms with Crippen molar-refractivity contribution in [3.63, 3.8) is 0 Å². The molecule has 1 aromatic heterocycles. The van der Waals surface area contributed by atoms with Gasteiger partial charge in [-0.15, -0.1) is 0 Å². The Bertz CT molecular complexity index is 1160. The van der Waals surface area contributed by atoms with E-state index in [1.165, 1.54) is 22.9 Å². The summed E-state index contributed by atoms with van der Waals surface area (Å²) in [5.41, 5.74) is 2.34. The van der Waals surface area contributed by atoms with Gasteiger partial charge < -0.3 is 15.4 Å². The molecule has 2 N–H and O–H groups in total. The zero-order valence-corrected chi connectivity index (χ0v) is 20.4. The van der Waals surface area contributed by atoms with Gasteiger partial charge in [0.25, 0.3) is 0 Å². The van der Waals surface area contributed by atoms with Crippen molar-refractivity contribution < 1.29 is 4.74 Å². The second-order valence-corrected chi connectivity index (χ2v) is 9.32. The Hall–Kier alpha value is -3.27. The molecule has 8 nitrogen and oxygen atoms in total. The van der Waals surface area contributed by atoms with E-state index in [2.05, 4.69) is 53.7 Å². The molecule has 180 valence electrons. The maximum absolute atomic E-state index is 5.43. The molecular formula is C26H29N7OS. The van der Waals surface area contributed by atoms with Gasteiger partial charge in [-0.05, 0) is 54.1 Å². The number of aromatic nitrogens is 3. The Balaban J connectivity index is 1.26. The van der Waals surface area contributed by atoms with Gasteiger partial charge >= 0.3 is 0 Å². The van der Waals surface area contributed by atoms with Gasteiger partial charge in [0.1, 0.15) is 5.84 Å². The van der Waals surface area contributed by atoms with Crippen LogP contribution >= 0.6 is 11.8 Å². The fraction of sp³-hybridized carbons (Fsp3) is 0.308. The quantitative estimate of drug-likeness (QED) is 0.437. The van der Waals surface area contributed by atoms with Crippen molar-refractivity contribution >= 4 is 35.1 Å². The normalized spacial score (nSPS) is 16.0. The highest BCUT2D eigenvalue weighted by Crippen LogP contribution is 2.26. The maximum atomic E-state index is 5.43. The zero-order chi connectivity index (χ0) is 23.7. The number of hydrogen-bond acceptors (Lipinski definition) is 9. The van der Waals surface area contributed by atoms with E-state index in [1.54, 1.807) is 0 Å². The van der Waals surface area contributed by atoms with Crippen LogP contribution in [-0.2, 0) is 4.74 Å². The standard InChI is InChI=1S/C26H29N7OS/c1-3-8-20(9-4-1)21-18-23(28-19-21)29-25-30-24(27-12-7-13-33-14-16-34-17-15-33)31-26(32-25)35-22-10-5-2-6-11-22/h1-6,8-11,18H,7,12-17,19H2,(H2,27,28,29,30,31,32). The molecule has 0 aliphatic carbocycles. The molecule has 0 unspecified atom stereocenters. The molecule has 0 saturated carbocycles. The Morgan fingerprint density at radius 1 is 0.886 bits per heavy atom. The Labute approximate surface area is 210 Å². The lowest BCUT2D eigenvalue weighted by molar-refractivity contribution is 0.0378. The molecule has 3 aromatic rings. The van der Waals surface area contributed by atoms with E-state index in [1.807, 2.05) is 48.5 Å². The summed E-state index contributed by atoms with van der Waals surface area (Å²) in [6, 6.07) is 20.4. The van der Waals surface area contributed by atoms with Crippen LogP contribution in [0.25, 0.3) is 5.57 Å². The lowest BCUT2D eigenvalue weighted by Crippen LogP contribution is -2.37. The number of morpholine rings is 1. The summed E-state index contributed by atoms with van der Waals surface area (Å²) >= 11 is 1.51. The molecule has 1 saturated heterocycles. The molecule has 0 radical (unpaired) electrons. The fourth-order valence-corrected chi connectivity index (χ4v) is 4.67. The summed E-state index contributed by atoms with van der Waals surface area (Å²) in [5, 5.41) is 7.30. The van der Waals surface area contributed by atoms with E-state index in [-0.39, 0.29) is 0 Å². The highest BCUT2D eigenvalue weighted by molar-refractivity contribution is 7.99. The molecule has 9 heteroatoms. The van der Waals surface area contributed by atoms with Crippen LogP contribution in [0.4, 0.5) is 11.9 Å². The van der Waals surface area contributed by atoms with Crippen molar-refractivity contribution in [3.8, 4) is 0 Å². The van der Waals surface area contributed by atoms with Crippen molar-refractivity contribution in [1.29, 1.82) is 0 Å². The average Bonchev–Trinajstić information content (AvgIpc) is 3.37. The van der Waals surface area contributed by atoms with Crippen LogP contribution in [0.2, 0.25) is 0 Å². The van der Waals surface area contributed by atoms with Crippen LogP contribution in [0.1, 0.15) is 12.0 Å². The monoisotopic (exact) mass is 487 g/mol. The first-order valence-corrected chi connectivity index (χ1v) is 12.7. The number of hydrogen-bond donors (Lipinski definition) is 2. The van der Waals surface area contributed by atoms with Crippen LogP contribution in [0, 0.1) is 0 Å². The van der Waals surface area contributed by atoms with Gasteiger partial charge in [0.2, 0.25) is 11.9 Å². The minimum Gasteiger partial charge on any atom is -0.379 e. The van der Waals surface area contributed by atoms with Crippen molar-refractivity contribution in [1.82, 2.24) is 19.9 Å². The third-order valence-electron chi connectivity index (χ3n) is 5.72. The van der Waals surface area contributed by atoms with Gasteiger partial charge in [-0.3, -0.25) is 9.89 Å². The van der Waals surface area contributed by atoms with E-state index in [4.69, 9.17) is 4.74 Å². The van der Waals surface area contributed by atoms with Gasteiger partial charge in [-0.25, -0.2) is 0 Å². The third kappa shape index (κ3) is 6.88. The molecule has 0 atom stereocenters. The van der Waals surface area contributed by atoms with Gasteiger partial charge in [0, 0.05) is 24.5 Å². The summed E-state index contributed by atoms with van der Waals surface area (Å²) in [7, 11) is 0. The van der Waals surface area contributed by atoms with E-state index in [0.29, 0.717) is 23.6 Å². The van der Waals surface area contributed by atoms with Crippen LogP contribution in [-0.4, -0.2) is 71.6 Å². The van der Waals surface area contributed by atoms with Gasteiger partial charge in [-0.1, -0.05) is 48.5 Å². The minimum absolute atomic E-state index is 0.485. The van der Waals surface area contributed by atoms with E-state index >= 15 is 0 Å². The van der Waals surface area contributed by atoms with E-state index in [0.717, 1.165) is 56.5 Å². The molecule has 0 amide bonds. The maximum Gasteiger partial charge on any atom is 0.234 e. The molecule has 1 fully saturated rings. The second kappa shape index (κ2) is 11.9. The minimum atomic E-state index is 0.485. The number of benzene rings is 2. The van der Waals surface area contributed by atoms with Crippen LogP contribution in [0.5, 0.6) is 0 Å². The number of ether oxygens (including phenoxy) is 1. The van der Waals surface area contributed by atoms with Crippen molar-refractivity contribution in [2.75, 3.05) is 56.6 Å². The highest BCUT2D eigenvalue weighted by Gasteiger charge is 2.14. The molecule has 35 heavy (non-hydrogen) atoms. The van der Waals surface area contributed by atoms with Crippen molar-refractivity contribution in [2.45, 2.75) is 16.5 Å². The SMILES string of the molecule is C1=C(c2ccccc2)CN=C1Nc1nc(NCCCN2CCOCC2)nc(Sc2ccccc2)n1. The summed E-state index contributed by atoms with van der Waals surface area (Å²) < 4.78 is 5.43. The van der Waals surface area contributed by atoms with E-state index in [9.17, 15) is 0 Å². The lowest BCUT2D eigenvalue weighted by atomic mass is 10.1. The Morgan fingerprint density at radius 2 is 1.63 bits per heavy atom. The molecule has 0 bridgehead atoms. The van der Waals surface area contributed by atoms with Gasteiger partial charge in [-0.2, -0.15) is 15.0 Å². The summed E-state index contributed by atoms with van der Waals surface area (Å²) in [5.74, 6) is 1.80. The first-order chi connectivity index (χ1) is 17.3. The highest BCUT2D eigenvalue weighted by atomic mass is 32.2. The lowest BCUT2D eigenvalue weighted by Gasteiger charge is -2.26. The van der Waals surface area contributed by atoms with Crippen LogP contribution in [0.3, 0.4) is 0 Å². The average molecular weight is 488 g/mol. The molecule has 2 aliphatic heterocycles. The third-order valence-corrected chi connectivity index (χ3v) is 6.59. The smallest absolute Gasteiger partial charge is 0.234 e. The summed E-state index contributed by atoms with van der Waals surface area (Å²) in [6.07, 6.45) is 3.06. The van der Waals surface area contributed by atoms with Crippen molar-refractivity contribution in [2.24, 2.45) is 4.99 Å². The molecule has 3 heterocycles. The Kier molecular flexibility index (Phi) is 8.00. The first kappa shape index (κ1) is 23.5. The van der Waals surface area contributed by atoms with Crippen molar-refractivity contribution in [3.05, 3.63) is 72.3 Å². The molecule has 2 aliphatic rings. The first-order valence-electron chi connectivity index (χ1n) is 11.9. The number of anilines is 2. The number of aliphatic imine (C=N–C) groups is 1. The number of rotatable bonds is 9.